The largest absolute Gasteiger partial charge is 0.373 e. The predicted molar refractivity (Wildman–Crippen MR) is 109 cm³/mol. The molecule has 0 saturated heterocycles. The summed E-state index contributed by atoms with van der Waals surface area (Å²) < 4.78 is 0. The fraction of sp³-hybridized carbons (Fsp3) is 0.174. The molecular formula is C23H18N2O3. The number of benzene rings is 3. The Morgan fingerprint density at radius 2 is 1.86 bits per heavy atom. The highest BCUT2D eigenvalue weighted by Crippen LogP contribution is 2.48. The Balaban J connectivity index is 1.76. The first-order chi connectivity index (χ1) is 13.6. The third kappa shape index (κ3) is 2.51. The third-order valence-corrected chi connectivity index (χ3v) is 5.69. The summed E-state index contributed by atoms with van der Waals surface area (Å²) in [4.78, 5) is 23.8. The van der Waals surface area contributed by atoms with Crippen LogP contribution in [-0.4, -0.2) is 10.7 Å². The number of allylic oxidation sites excluding steroid dienone is 1. The predicted octanol–water partition coefficient (Wildman–Crippen LogP) is 5.42. The first kappa shape index (κ1) is 16.7. The molecule has 0 spiro atoms. The Bertz CT molecular complexity index is 1180. The summed E-state index contributed by atoms with van der Waals surface area (Å²) in [6.07, 6.45) is 2.20. The highest BCUT2D eigenvalue weighted by atomic mass is 16.6. The number of hydrogen-bond donors (Lipinski definition) is 1. The number of Topliss-reactive ketones (excluding diaryl/α,β-unsaturated/α-hetero) is 1. The van der Waals surface area contributed by atoms with Crippen LogP contribution in [0, 0.1) is 10.1 Å². The van der Waals surface area contributed by atoms with Gasteiger partial charge >= 0.3 is 0 Å². The smallest absolute Gasteiger partial charge is 0.269 e. The number of nitrogens with zero attached hydrogens (tertiary/aromatic N) is 1. The quantitative estimate of drug-likeness (QED) is 0.483. The van der Waals surface area contributed by atoms with E-state index >= 15 is 0 Å². The van der Waals surface area contributed by atoms with Crippen molar-refractivity contribution in [2.45, 2.75) is 25.3 Å². The average molecular weight is 370 g/mol. The van der Waals surface area contributed by atoms with Gasteiger partial charge in [0, 0.05) is 35.4 Å². The molecule has 0 saturated carbocycles. The van der Waals surface area contributed by atoms with Gasteiger partial charge in [0.1, 0.15) is 0 Å². The molecule has 5 heteroatoms. The molecule has 5 nitrogen and oxygen atoms in total. The molecule has 1 N–H and O–H groups in total. The molecule has 5 rings (SSSR count). The summed E-state index contributed by atoms with van der Waals surface area (Å²) in [7, 11) is 0. The van der Waals surface area contributed by atoms with Gasteiger partial charge in [0.15, 0.2) is 5.78 Å². The molecule has 1 aliphatic carbocycles. The summed E-state index contributed by atoms with van der Waals surface area (Å²) >= 11 is 0. The monoisotopic (exact) mass is 370 g/mol. The lowest BCUT2D eigenvalue weighted by Crippen LogP contribution is -2.27. The summed E-state index contributed by atoms with van der Waals surface area (Å²) in [6.45, 7) is 0. The van der Waals surface area contributed by atoms with Gasteiger partial charge in [0.2, 0.25) is 0 Å². The van der Waals surface area contributed by atoms with Crippen molar-refractivity contribution in [3.63, 3.8) is 0 Å². The molecule has 28 heavy (non-hydrogen) atoms. The van der Waals surface area contributed by atoms with Crippen molar-refractivity contribution in [2.75, 3.05) is 5.32 Å². The Morgan fingerprint density at radius 1 is 1.00 bits per heavy atom. The van der Waals surface area contributed by atoms with E-state index in [0.29, 0.717) is 6.42 Å². The van der Waals surface area contributed by atoms with Crippen LogP contribution >= 0.6 is 0 Å². The maximum atomic E-state index is 12.9. The molecule has 2 aliphatic rings. The zero-order chi connectivity index (χ0) is 19.3. The lowest BCUT2D eigenvalue weighted by Gasteiger charge is -2.35. The van der Waals surface area contributed by atoms with Gasteiger partial charge in [0.25, 0.3) is 5.69 Å². The van der Waals surface area contributed by atoms with Gasteiger partial charge in [0.05, 0.1) is 11.0 Å². The topological polar surface area (TPSA) is 72.2 Å². The zero-order valence-electron chi connectivity index (χ0n) is 15.1. The van der Waals surface area contributed by atoms with Crippen molar-refractivity contribution < 1.29 is 9.72 Å². The summed E-state index contributed by atoms with van der Waals surface area (Å²) in [5, 5.41) is 17.0. The molecule has 0 fully saturated rings. The van der Waals surface area contributed by atoms with Gasteiger partial charge in [-0.05, 0) is 40.8 Å². The second-order valence-electron chi connectivity index (χ2n) is 7.31. The number of carbonyl (C=O) groups is 1. The van der Waals surface area contributed by atoms with E-state index in [0.717, 1.165) is 51.6 Å². The number of nitro benzene ring substituents is 1. The molecule has 0 radical (unpaired) electrons. The van der Waals surface area contributed by atoms with Crippen molar-refractivity contribution in [3.8, 4) is 0 Å². The number of non-ortho nitro benzene ring substituents is 1. The molecule has 3 aromatic carbocycles. The Labute approximate surface area is 161 Å². The molecule has 0 aromatic heterocycles. The van der Waals surface area contributed by atoms with Gasteiger partial charge in [-0.15, -0.1) is 0 Å². The number of anilines is 1. The van der Waals surface area contributed by atoms with Crippen molar-refractivity contribution >= 4 is 33.5 Å². The normalized spacial score (nSPS) is 18.4. The van der Waals surface area contributed by atoms with E-state index in [1.54, 1.807) is 12.1 Å². The molecule has 1 atom stereocenters. The van der Waals surface area contributed by atoms with Gasteiger partial charge in [-0.1, -0.05) is 42.5 Å². The van der Waals surface area contributed by atoms with Gasteiger partial charge < -0.3 is 5.32 Å². The zero-order valence-corrected chi connectivity index (χ0v) is 15.1. The van der Waals surface area contributed by atoms with Crippen LogP contribution in [0.3, 0.4) is 0 Å². The van der Waals surface area contributed by atoms with Crippen LogP contribution in [0.25, 0.3) is 16.3 Å². The molecule has 0 unspecified atom stereocenters. The second-order valence-corrected chi connectivity index (χ2v) is 7.31. The second kappa shape index (κ2) is 6.30. The van der Waals surface area contributed by atoms with Crippen LogP contribution in [0.2, 0.25) is 0 Å². The van der Waals surface area contributed by atoms with Crippen molar-refractivity contribution in [1.82, 2.24) is 0 Å². The van der Waals surface area contributed by atoms with Crippen LogP contribution in [0.4, 0.5) is 11.4 Å². The lowest BCUT2D eigenvalue weighted by molar-refractivity contribution is -0.384. The third-order valence-electron chi connectivity index (χ3n) is 5.69. The summed E-state index contributed by atoms with van der Waals surface area (Å²) in [5.74, 6) is 0.129. The average Bonchev–Trinajstić information content (AvgIpc) is 2.73. The number of rotatable bonds is 2. The van der Waals surface area contributed by atoms with E-state index in [4.69, 9.17) is 0 Å². The SMILES string of the molecule is O=C1CCCC2=C1[C@H](c1cccc([N+](=O)[O-])c1)Nc1ccc3ccccc3c12. The molecule has 1 aliphatic heterocycles. The van der Waals surface area contributed by atoms with Crippen LogP contribution in [-0.2, 0) is 4.79 Å². The van der Waals surface area contributed by atoms with Crippen LogP contribution < -0.4 is 5.32 Å². The van der Waals surface area contributed by atoms with E-state index in [-0.39, 0.29) is 17.5 Å². The van der Waals surface area contributed by atoms with Crippen LogP contribution in [0.15, 0.2) is 66.2 Å². The van der Waals surface area contributed by atoms with Crippen molar-refractivity contribution in [2.24, 2.45) is 0 Å². The van der Waals surface area contributed by atoms with E-state index < -0.39 is 4.92 Å². The number of nitro groups is 1. The fourth-order valence-electron chi connectivity index (χ4n) is 4.47. The maximum Gasteiger partial charge on any atom is 0.269 e. The first-order valence-electron chi connectivity index (χ1n) is 9.43. The molecular weight excluding hydrogens is 352 g/mol. The van der Waals surface area contributed by atoms with Crippen LogP contribution in [0.1, 0.15) is 36.4 Å². The van der Waals surface area contributed by atoms with Gasteiger partial charge in [-0.3, -0.25) is 14.9 Å². The lowest BCUT2D eigenvalue weighted by atomic mass is 9.77. The minimum Gasteiger partial charge on any atom is -0.373 e. The molecule has 3 aromatic rings. The van der Waals surface area contributed by atoms with Crippen molar-refractivity contribution in [1.29, 1.82) is 0 Å². The molecule has 1 heterocycles. The highest BCUT2D eigenvalue weighted by molar-refractivity contribution is 6.12. The molecule has 138 valence electrons. The minimum atomic E-state index is -0.397. The van der Waals surface area contributed by atoms with Crippen molar-refractivity contribution in [3.05, 3.63) is 87.5 Å². The van der Waals surface area contributed by atoms with E-state index in [9.17, 15) is 14.9 Å². The standard InChI is InChI=1S/C23H18N2O3/c26-20-10-4-9-18-21-17-8-2-1-5-14(17)11-12-19(21)24-23(22(18)20)15-6-3-7-16(13-15)25(27)28/h1-3,5-8,11-13,23-24H,4,9-10H2/t23-/m0/s1. The number of carbonyl (C=O) groups excluding carboxylic acids is 1. The van der Waals surface area contributed by atoms with E-state index in [1.807, 2.05) is 24.3 Å². The Kier molecular flexibility index (Phi) is 3.76. The minimum absolute atomic E-state index is 0.0361. The summed E-state index contributed by atoms with van der Waals surface area (Å²) in [6, 6.07) is 18.5. The maximum absolute atomic E-state index is 12.9. The van der Waals surface area contributed by atoms with Gasteiger partial charge in [-0.25, -0.2) is 0 Å². The summed E-state index contributed by atoms with van der Waals surface area (Å²) in [5.41, 5.74) is 4.70. The Hall–Kier alpha value is -3.47. The highest BCUT2D eigenvalue weighted by Gasteiger charge is 2.35. The number of ketones is 1. The number of nitrogens with one attached hydrogen (secondary N) is 1. The number of fused-ring (bicyclic) bond motifs is 4. The van der Waals surface area contributed by atoms with E-state index in [2.05, 4.69) is 23.5 Å². The number of hydrogen-bond acceptors (Lipinski definition) is 4. The molecule has 0 amide bonds. The van der Waals surface area contributed by atoms with Gasteiger partial charge in [-0.2, -0.15) is 0 Å². The molecule has 0 bridgehead atoms. The first-order valence-corrected chi connectivity index (χ1v) is 9.43. The fourth-order valence-corrected chi connectivity index (χ4v) is 4.47. The van der Waals surface area contributed by atoms with E-state index in [1.165, 1.54) is 6.07 Å². The Morgan fingerprint density at radius 3 is 2.71 bits per heavy atom. The van der Waals surface area contributed by atoms with Crippen LogP contribution in [0.5, 0.6) is 0 Å².